The van der Waals surface area contributed by atoms with Crippen LogP contribution >= 0.6 is 0 Å². The van der Waals surface area contributed by atoms with Gasteiger partial charge in [-0.15, -0.1) is 0 Å². The minimum absolute atomic E-state index is 0.00826. The summed E-state index contributed by atoms with van der Waals surface area (Å²) in [7, 11) is 0. The van der Waals surface area contributed by atoms with Crippen molar-refractivity contribution in [2.75, 3.05) is 6.54 Å². The van der Waals surface area contributed by atoms with Crippen molar-refractivity contribution in [2.24, 2.45) is 29.4 Å². The lowest BCUT2D eigenvalue weighted by atomic mass is 9.82. The number of carbonyl (C=O) groups excluding carboxylic acids is 4. The van der Waals surface area contributed by atoms with Crippen LogP contribution in [0.1, 0.15) is 53.0 Å². The fraction of sp³-hybridized carbons (Fsp3) is 0.520. The Morgan fingerprint density at radius 3 is 2.11 bits per heavy atom. The van der Waals surface area contributed by atoms with E-state index in [2.05, 4.69) is 10.7 Å². The molecule has 35 heavy (non-hydrogen) atoms. The van der Waals surface area contributed by atoms with Crippen LogP contribution < -0.4 is 22.0 Å². The maximum atomic E-state index is 13.4. The molecule has 1 aromatic rings. The molecule has 5 amide bonds. The highest BCUT2D eigenvalue weighted by Crippen LogP contribution is 2.25. The first kappa shape index (κ1) is 29.6. The first-order valence-electron chi connectivity index (χ1n) is 11.8. The zero-order valence-electron chi connectivity index (χ0n) is 21.2. The molecule has 0 aromatic heterocycles. The average molecular weight is 490 g/mol. The molecule has 0 fully saturated rings. The van der Waals surface area contributed by atoms with Gasteiger partial charge in [-0.3, -0.25) is 30.0 Å². The quantitative estimate of drug-likeness (QED) is 0.225. The van der Waals surface area contributed by atoms with Crippen LogP contribution in [-0.4, -0.2) is 46.6 Å². The molecule has 0 aliphatic heterocycles. The van der Waals surface area contributed by atoms with Gasteiger partial charge in [0.2, 0.25) is 11.8 Å². The molecule has 3 atom stereocenters. The van der Waals surface area contributed by atoms with Gasteiger partial charge in [0, 0.05) is 6.54 Å². The summed E-state index contributed by atoms with van der Waals surface area (Å²) in [4.78, 5) is 50.1. The summed E-state index contributed by atoms with van der Waals surface area (Å²) in [5.74, 6) is -3.39. The van der Waals surface area contributed by atoms with E-state index in [4.69, 9.17) is 5.73 Å². The number of allylic oxidation sites excluding steroid dienone is 1. The molecule has 194 valence electrons. The van der Waals surface area contributed by atoms with Gasteiger partial charge >= 0.3 is 6.03 Å². The van der Waals surface area contributed by atoms with Crippen LogP contribution in [0, 0.1) is 23.7 Å². The number of nitrogens with zero attached hydrogens (tertiary/aromatic N) is 1. The molecule has 0 saturated carbocycles. The van der Waals surface area contributed by atoms with Gasteiger partial charge in [0.1, 0.15) is 6.04 Å². The number of hydrogen-bond acceptors (Lipinski definition) is 5. The van der Waals surface area contributed by atoms with E-state index in [-0.39, 0.29) is 24.8 Å². The predicted octanol–water partition coefficient (Wildman–Crippen LogP) is 2.45. The van der Waals surface area contributed by atoms with Crippen LogP contribution in [0.4, 0.5) is 4.79 Å². The standard InChI is InChI=1S/C25H39N5O5/c1-16(2)14-21(20(23(32)29-35)13-9-12-19-10-7-6-8-11-19)22(31)28-30(15-17(3)4)24(33)18(5)27-25(26)34/h6-12,16-18,20-21,35H,13-15H2,1-5H3,(H,28,31)(H,29,32)(H3,26,27,34)/t18?,20-,21+/m0/s1. The second-order valence-corrected chi connectivity index (χ2v) is 9.42. The lowest BCUT2D eigenvalue weighted by Crippen LogP contribution is -2.57. The lowest BCUT2D eigenvalue weighted by molar-refractivity contribution is -0.148. The van der Waals surface area contributed by atoms with Gasteiger partial charge < -0.3 is 11.1 Å². The van der Waals surface area contributed by atoms with Gasteiger partial charge in [-0.1, -0.05) is 70.2 Å². The maximum absolute atomic E-state index is 13.4. The second-order valence-electron chi connectivity index (χ2n) is 9.42. The SMILES string of the molecule is CC(C)C[C@@H](C(=O)NN(CC(C)C)C(=O)C(C)NC(N)=O)[C@H](CC=Cc1ccccc1)C(=O)NO. The second kappa shape index (κ2) is 14.8. The van der Waals surface area contributed by atoms with Crippen molar-refractivity contribution < 1.29 is 24.4 Å². The fourth-order valence-electron chi connectivity index (χ4n) is 3.69. The Morgan fingerprint density at radius 1 is 0.971 bits per heavy atom. The van der Waals surface area contributed by atoms with Crippen molar-refractivity contribution in [3.63, 3.8) is 0 Å². The minimum atomic E-state index is -0.958. The van der Waals surface area contributed by atoms with Crippen LogP contribution in [-0.2, 0) is 14.4 Å². The monoisotopic (exact) mass is 489 g/mol. The molecule has 0 bridgehead atoms. The third kappa shape index (κ3) is 10.6. The summed E-state index contributed by atoms with van der Waals surface area (Å²) in [6.45, 7) is 9.25. The Labute approximate surface area is 207 Å². The molecule has 0 spiro atoms. The summed E-state index contributed by atoms with van der Waals surface area (Å²) in [5.41, 5.74) is 10.4. The highest BCUT2D eigenvalue weighted by Gasteiger charge is 2.35. The zero-order valence-corrected chi connectivity index (χ0v) is 21.2. The van der Waals surface area contributed by atoms with Crippen molar-refractivity contribution in [1.82, 2.24) is 21.2 Å². The largest absolute Gasteiger partial charge is 0.352 e. The third-order valence-corrected chi connectivity index (χ3v) is 5.28. The molecule has 0 heterocycles. The molecule has 1 aromatic carbocycles. The van der Waals surface area contributed by atoms with Crippen molar-refractivity contribution in [2.45, 2.75) is 53.5 Å². The molecule has 0 aliphatic carbocycles. The summed E-state index contributed by atoms with van der Waals surface area (Å²) >= 11 is 0. The summed E-state index contributed by atoms with van der Waals surface area (Å²) < 4.78 is 0. The average Bonchev–Trinajstić information content (AvgIpc) is 2.79. The van der Waals surface area contributed by atoms with E-state index in [0.29, 0.717) is 6.42 Å². The van der Waals surface area contributed by atoms with E-state index < -0.39 is 41.6 Å². The summed E-state index contributed by atoms with van der Waals surface area (Å²) in [6, 6.07) is 7.68. The van der Waals surface area contributed by atoms with Crippen LogP contribution in [0.25, 0.3) is 6.08 Å². The van der Waals surface area contributed by atoms with Gasteiger partial charge in [0.05, 0.1) is 11.8 Å². The molecule has 1 rings (SSSR count). The Balaban J connectivity index is 3.18. The van der Waals surface area contributed by atoms with Gasteiger partial charge in [0.25, 0.3) is 5.91 Å². The number of amides is 5. The number of hydrogen-bond donors (Lipinski definition) is 5. The highest BCUT2D eigenvalue weighted by atomic mass is 16.5. The topological polar surface area (TPSA) is 154 Å². The maximum Gasteiger partial charge on any atom is 0.312 e. The number of hydroxylamine groups is 1. The molecule has 10 heteroatoms. The van der Waals surface area contributed by atoms with Crippen LogP contribution in [0.3, 0.4) is 0 Å². The van der Waals surface area contributed by atoms with Crippen molar-refractivity contribution in [3.8, 4) is 0 Å². The Morgan fingerprint density at radius 2 is 1.60 bits per heavy atom. The number of nitrogens with two attached hydrogens (primary N) is 1. The first-order chi connectivity index (χ1) is 16.5. The van der Waals surface area contributed by atoms with E-state index in [1.165, 1.54) is 6.92 Å². The van der Waals surface area contributed by atoms with Gasteiger partial charge in [-0.2, -0.15) is 0 Å². The minimum Gasteiger partial charge on any atom is -0.352 e. The van der Waals surface area contributed by atoms with E-state index in [0.717, 1.165) is 10.6 Å². The Hall–Kier alpha value is -3.40. The number of hydrazine groups is 1. The van der Waals surface area contributed by atoms with E-state index in [9.17, 15) is 24.4 Å². The van der Waals surface area contributed by atoms with Crippen molar-refractivity contribution in [1.29, 1.82) is 0 Å². The Kier molecular flexibility index (Phi) is 12.5. The number of rotatable bonds is 12. The van der Waals surface area contributed by atoms with Gasteiger partial charge in [0.15, 0.2) is 0 Å². The van der Waals surface area contributed by atoms with Crippen molar-refractivity contribution >= 4 is 29.8 Å². The van der Waals surface area contributed by atoms with Crippen LogP contribution in [0.15, 0.2) is 36.4 Å². The molecule has 0 saturated heterocycles. The molecule has 0 aliphatic rings. The molecule has 10 nitrogen and oxygen atoms in total. The number of urea groups is 1. The molecule has 1 unspecified atom stereocenters. The smallest absolute Gasteiger partial charge is 0.312 e. The van der Waals surface area contributed by atoms with Gasteiger partial charge in [-0.05, 0) is 37.2 Å². The normalized spacial score (nSPS) is 13.8. The van der Waals surface area contributed by atoms with Crippen molar-refractivity contribution in [3.05, 3.63) is 42.0 Å². The van der Waals surface area contributed by atoms with E-state index in [1.807, 2.05) is 64.1 Å². The number of primary amides is 1. The first-order valence-corrected chi connectivity index (χ1v) is 11.8. The van der Waals surface area contributed by atoms with E-state index in [1.54, 1.807) is 11.6 Å². The predicted molar refractivity (Wildman–Crippen MR) is 133 cm³/mol. The fourth-order valence-corrected chi connectivity index (χ4v) is 3.69. The number of benzene rings is 1. The molecule has 6 N–H and O–H groups in total. The molecular formula is C25H39N5O5. The number of nitrogens with one attached hydrogen (secondary N) is 3. The van der Waals surface area contributed by atoms with Gasteiger partial charge in [-0.25, -0.2) is 10.3 Å². The summed E-state index contributed by atoms with van der Waals surface area (Å²) in [6.07, 6.45) is 4.17. The lowest BCUT2D eigenvalue weighted by Gasteiger charge is -2.31. The number of carbonyl (C=O) groups is 4. The van der Waals surface area contributed by atoms with E-state index >= 15 is 0 Å². The summed E-state index contributed by atoms with van der Waals surface area (Å²) in [5, 5.41) is 12.8. The third-order valence-electron chi connectivity index (χ3n) is 5.28. The van der Waals surface area contributed by atoms with Crippen LogP contribution in [0.2, 0.25) is 0 Å². The molecular weight excluding hydrogens is 450 g/mol. The Bertz CT molecular complexity index is 872. The highest BCUT2D eigenvalue weighted by molar-refractivity contribution is 5.91. The zero-order chi connectivity index (χ0) is 26.5. The molecule has 0 radical (unpaired) electrons. The van der Waals surface area contributed by atoms with Crippen LogP contribution in [0.5, 0.6) is 0 Å².